The van der Waals surface area contributed by atoms with Gasteiger partial charge in [0.05, 0.1) is 21.6 Å². The van der Waals surface area contributed by atoms with Crippen LogP contribution in [0.3, 0.4) is 0 Å². The first kappa shape index (κ1) is 46.5. The summed E-state index contributed by atoms with van der Waals surface area (Å²) >= 11 is 0. The largest absolute Gasteiger partial charge is 0.478 e. The molecule has 2 heterocycles. The average molecular weight is 908 g/mol. The van der Waals surface area contributed by atoms with Crippen LogP contribution in [0.15, 0.2) is 126 Å². The number of nitrogens with zero attached hydrogens (tertiary/aromatic N) is 2. The Morgan fingerprint density at radius 2 is 1.45 bits per heavy atom. The Kier molecular flexibility index (Phi) is 13.5. The maximum absolute atomic E-state index is 12.2. The maximum atomic E-state index is 12.2. The number of hydrogen-bond acceptors (Lipinski definition) is 8. The summed E-state index contributed by atoms with van der Waals surface area (Å²) in [5.74, 6) is -1.50. The van der Waals surface area contributed by atoms with E-state index in [1.165, 1.54) is 23.1 Å². The van der Waals surface area contributed by atoms with Crippen molar-refractivity contribution in [3.8, 4) is 0 Å². The Morgan fingerprint density at radius 1 is 0.797 bits per heavy atom. The number of carboxylic acids is 1. The number of carbonyl (C=O) groups is 1. The molecule has 0 radical (unpaired) electrons. The van der Waals surface area contributed by atoms with Crippen LogP contribution < -0.4 is 4.90 Å². The summed E-state index contributed by atoms with van der Waals surface area (Å²) in [7, 11) is -5.44. The van der Waals surface area contributed by atoms with E-state index in [0.717, 1.165) is 69.6 Å². The number of fused-ring (bicyclic) bond motifs is 6. The van der Waals surface area contributed by atoms with Gasteiger partial charge in [0, 0.05) is 74.9 Å². The van der Waals surface area contributed by atoms with Crippen LogP contribution in [-0.4, -0.2) is 93.6 Å². The van der Waals surface area contributed by atoms with E-state index >= 15 is 0 Å². The molecule has 0 saturated heterocycles. The summed E-state index contributed by atoms with van der Waals surface area (Å²) < 4.78 is 81.4. The molecule has 0 fully saturated rings. The summed E-state index contributed by atoms with van der Waals surface area (Å²) in [6, 6.07) is 27.6. The van der Waals surface area contributed by atoms with Gasteiger partial charge in [0.25, 0.3) is 20.2 Å². The van der Waals surface area contributed by atoms with Crippen molar-refractivity contribution < 1.29 is 49.9 Å². The monoisotopic (exact) mass is 907 g/mol. The van der Waals surface area contributed by atoms with E-state index < -0.39 is 42.8 Å². The molecule has 0 bridgehead atoms. The van der Waals surface area contributed by atoms with Crippen LogP contribution >= 0.6 is 0 Å². The number of rotatable bonds is 18. The van der Waals surface area contributed by atoms with Gasteiger partial charge in [0.15, 0.2) is 5.71 Å². The number of anilines is 1. The molecule has 2 unspecified atom stereocenters. The number of carboxylic acid groups (broad SMARTS) is 1. The zero-order chi connectivity index (χ0) is 46.0. The van der Waals surface area contributed by atoms with Crippen LogP contribution in [0.2, 0.25) is 0 Å². The SMILES string of the molecule is CCCN1/C(=C/C=C(/C=C/C2=[N+](CCCS(=O)(=O)O)c3ccc4cc(S(=O)(=O)O)ccc4c3C2(C)CCOC)c2ccc(C(=O)O)cc2)C(C)(CCOC)c2c1ccc1ccccc21. The quantitative estimate of drug-likeness (QED) is 0.0435. The third-order valence-electron chi connectivity index (χ3n) is 12.7. The maximum Gasteiger partial charge on any atom is 0.335 e. The predicted molar refractivity (Wildman–Crippen MR) is 252 cm³/mol. The standard InChI is InChI=1S/C50H54N2O10S2/c1-6-28-51-42-22-16-36-10-7-8-11-40(36)46(42)49(2,26-30-61-4)44(51)24-18-35(34-12-14-37(15-13-34)48(53)54)19-25-45-50(3,27-31-62-5)47-41-21-20-39(64(58,59)60)33-38(41)17-23-43(47)52(45)29-9-32-63(55,56)57/h7-8,10-25,33H,6,9,26-32H2,1-5H3,(H2-,53,54,55,56,57,58,59,60)/p+1. The fourth-order valence-corrected chi connectivity index (χ4v) is 10.6. The van der Waals surface area contributed by atoms with Crippen LogP contribution in [0.25, 0.3) is 27.1 Å². The zero-order valence-electron chi connectivity index (χ0n) is 36.7. The van der Waals surface area contributed by atoms with E-state index in [9.17, 15) is 35.8 Å². The van der Waals surface area contributed by atoms with Gasteiger partial charge in [-0.25, -0.2) is 4.79 Å². The molecule has 12 nitrogen and oxygen atoms in total. The highest BCUT2D eigenvalue weighted by Gasteiger charge is 2.49. The van der Waals surface area contributed by atoms with E-state index in [2.05, 4.69) is 68.2 Å². The van der Waals surface area contributed by atoms with Crippen LogP contribution in [0.5, 0.6) is 0 Å². The number of allylic oxidation sites excluding steroid dienone is 6. The van der Waals surface area contributed by atoms with Crippen LogP contribution in [0.4, 0.5) is 11.4 Å². The van der Waals surface area contributed by atoms with E-state index in [0.29, 0.717) is 25.0 Å². The fourth-order valence-electron chi connectivity index (χ4n) is 9.61. The Labute approximate surface area is 375 Å². The smallest absolute Gasteiger partial charge is 0.335 e. The summed E-state index contributed by atoms with van der Waals surface area (Å²) in [6.45, 7) is 8.37. The average Bonchev–Trinajstić information content (AvgIpc) is 3.64. The fraction of sp³-hybridized carbons (Fsp3) is 0.320. The van der Waals surface area contributed by atoms with Gasteiger partial charge in [-0.1, -0.05) is 61.5 Å². The van der Waals surface area contributed by atoms with Crippen molar-refractivity contribution in [1.29, 1.82) is 0 Å². The summed E-state index contributed by atoms with van der Waals surface area (Å²) in [4.78, 5) is 14.1. The highest BCUT2D eigenvalue weighted by atomic mass is 32.2. The molecule has 0 amide bonds. The van der Waals surface area contributed by atoms with Crippen molar-refractivity contribution in [2.24, 2.45) is 0 Å². The molecule has 0 spiro atoms. The second kappa shape index (κ2) is 18.6. The van der Waals surface area contributed by atoms with Gasteiger partial charge in [-0.3, -0.25) is 9.11 Å². The number of ether oxygens (including phenoxy) is 2. The van der Waals surface area contributed by atoms with Gasteiger partial charge in [-0.2, -0.15) is 21.4 Å². The minimum absolute atomic E-state index is 0.101. The van der Waals surface area contributed by atoms with Gasteiger partial charge in [-0.05, 0) is 120 Å². The normalized spacial score (nSPS) is 19.7. The lowest BCUT2D eigenvalue weighted by molar-refractivity contribution is -0.437. The zero-order valence-corrected chi connectivity index (χ0v) is 38.4. The lowest BCUT2D eigenvalue weighted by Crippen LogP contribution is -2.33. The molecule has 14 heteroatoms. The second-order valence-corrected chi connectivity index (χ2v) is 19.9. The summed E-state index contributed by atoms with van der Waals surface area (Å²) in [5.41, 5.74) is 6.39. The first-order valence-corrected chi connectivity index (χ1v) is 24.4. The number of hydrogen-bond donors (Lipinski definition) is 3. The summed E-state index contributed by atoms with van der Waals surface area (Å²) in [6.07, 6.45) is 10.4. The molecule has 0 aromatic heterocycles. The van der Waals surface area contributed by atoms with Gasteiger partial charge in [0.2, 0.25) is 5.69 Å². The van der Waals surface area contributed by atoms with Gasteiger partial charge in [-0.15, -0.1) is 0 Å². The van der Waals surface area contributed by atoms with E-state index in [4.69, 9.17) is 9.47 Å². The lowest BCUT2D eigenvalue weighted by Gasteiger charge is -2.30. The van der Waals surface area contributed by atoms with Crippen molar-refractivity contribution >= 4 is 70.4 Å². The Balaban J connectivity index is 1.45. The third kappa shape index (κ3) is 9.08. The number of methoxy groups -OCH3 is 2. The Hall–Kier alpha value is -5.48. The summed E-state index contributed by atoms with van der Waals surface area (Å²) in [5, 5.41) is 13.5. The Bertz CT molecular complexity index is 2970. The molecule has 5 aromatic carbocycles. The molecule has 5 aromatic rings. The molecule has 0 saturated carbocycles. The highest BCUT2D eigenvalue weighted by Crippen LogP contribution is 2.53. The minimum Gasteiger partial charge on any atom is -0.478 e. The third-order valence-corrected chi connectivity index (χ3v) is 14.4. The molecular formula is C50H55N2O10S2+. The number of benzene rings is 5. The van der Waals surface area contributed by atoms with E-state index in [-0.39, 0.29) is 23.4 Å². The molecule has 336 valence electrons. The molecule has 2 aliphatic rings. The van der Waals surface area contributed by atoms with Gasteiger partial charge in [0.1, 0.15) is 6.54 Å². The lowest BCUT2D eigenvalue weighted by atomic mass is 9.74. The highest BCUT2D eigenvalue weighted by molar-refractivity contribution is 7.86. The topological polar surface area (TPSA) is 171 Å². The van der Waals surface area contributed by atoms with E-state index in [1.54, 1.807) is 50.6 Å². The number of aromatic carboxylic acids is 1. The van der Waals surface area contributed by atoms with Crippen molar-refractivity contribution in [3.63, 3.8) is 0 Å². The first-order chi connectivity index (χ1) is 30.4. The second-order valence-electron chi connectivity index (χ2n) is 16.9. The Morgan fingerprint density at radius 3 is 2.11 bits per heavy atom. The molecule has 7 rings (SSSR count). The van der Waals surface area contributed by atoms with Crippen molar-refractivity contribution in [1.82, 2.24) is 0 Å². The van der Waals surface area contributed by atoms with Gasteiger partial charge < -0.3 is 19.5 Å². The van der Waals surface area contributed by atoms with Crippen LogP contribution in [0, 0.1) is 0 Å². The van der Waals surface area contributed by atoms with Crippen molar-refractivity contribution in [2.75, 3.05) is 51.2 Å². The van der Waals surface area contributed by atoms with Crippen LogP contribution in [0.1, 0.15) is 73.5 Å². The molecule has 3 N–H and O–H groups in total. The molecular weight excluding hydrogens is 853 g/mol. The van der Waals surface area contributed by atoms with Crippen molar-refractivity contribution in [3.05, 3.63) is 143 Å². The predicted octanol–water partition coefficient (Wildman–Crippen LogP) is 9.36. The minimum atomic E-state index is -4.49. The van der Waals surface area contributed by atoms with Gasteiger partial charge >= 0.3 is 5.97 Å². The molecule has 2 aliphatic heterocycles. The molecule has 2 atom stereocenters. The molecule has 0 aliphatic carbocycles. The molecule has 64 heavy (non-hydrogen) atoms. The van der Waals surface area contributed by atoms with E-state index in [1.807, 2.05) is 28.9 Å². The van der Waals surface area contributed by atoms with Crippen molar-refractivity contribution in [2.45, 2.75) is 62.2 Å². The first-order valence-electron chi connectivity index (χ1n) is 21.3. The van der Waals surface area contributed by atoms with Crippen LogP contribution in [-0.2, 0) is 40.5 Å².